The van der Waals surface area contributed by atoms with Gasteiger partial charge in [-0.3, -0.25) is 29.0 Å². The first-order chi connectivity index (χ1) is 50.4. The normalized spacial score (nSPS) is 25.2. The van der Waals surface area contributed by atoms with E-state index in [2.05, 4.69) is 177 Å². The molecule has 107 heavy (non-hydrogen) atoms. The van der Waals surface area contributed by atoms with E-state index in [-0.39, 0.29) is 59.9 Å². The van der Waals surface area contributed by atoms with Crippen LogP contribution in [0.2, 0.25) is 0 Å². The topological polar surface area (TPSA) is 240 Å². The van der Waals surface area contributed by atoms with E-state index in [1.807, 2.05) is 0 Å². The second-order valence-corrected chi connectivity index (χ2v) is 33.2. The van der Waals surface area contributed by atoms with E-state index in [1.165, 1.54) is 279 Å². The summed E-state index contributed by atoms with van der Waals surface area (Å²) in [4.78, 5) is 68.0. The molecule has 12 fully saturated rings. The Labute approximate surface area is 715 Å². The van der Waals surface area contributed by atoms with Crippen LogP contribution in [0.4, 0.5) is 0 Å². The van der Waals surface area contributed by atoms with Gasteiger partial charge in [0.2, 0.25) is 0 Å². The molecule has 608 valence electrons. The van der Waals surface area contributed by atoms with Gasteiger partial charge in [0.25, 0.3) is 23.9 Å². The molecular weight excluding hydrogens is 1740 g/mol. The third-order valence-electron chi connectivity index (χ3n) is 19.4. The molecule has 0 unspecified atom stereocenters. The molecule has 0 atom stereocenters. The van der Waals surface area contributed by atoms with Gasteiger partial charge in [-0.05, 0) is 178 Å². The van der Waals surface area contributed by atoms with Gasteiger partial charge in [0.1, 0.15) is 0 Å². The number of nitrogens with one attached hydrogen (secondary N) is 2. The van der Waals surface area contributed by atoms with Crippen molar-refractivity contribution in [2.75, 3.05) is 264 Å². The summed E-state index contributed by atoms with van der Waals surface area (Å²) in [6, 6.07) is 19.1. The maximum absolute atomic E-state index is 9.00. The summed E-state index contributed by atoms with van der Waals surface area (Å²) < 4.78 is 1.19. The Morgan fingerprint density at radius 3 is 0.710 bits per heavy atom. The Hall–Kier alpha value is -0.990. The molecule has 24 nitrogen and oxygen atoms in total. The molecule has 0 saturated carbocycles. The van der Waals surface area contributed by atoms with Crippen LogP contribution in [0.15, 0.2) is 48.5 Å². The van der Waals surface area contributed by atoms with E-state index < -0.39 is 23.9 Å². The third kappa shape index (κ3) is 59.4. The first kappa shape index (κ1) is 106. The van der Waals surface area contributed by atoms with Crippen LogP contribution in [-0.4, -0.2) is 367 Å². The van der Waals surface area contributed by atoms with Crippen molar-refractivity contribution >= 4 is 69.1 Å². The molecule has 2 aromatic rings. The Morgan fingerprint density at radius 1 is 0.308 bits per heavy atom. The molecule has 0 amide bonds. The molecule has 0 aliphatic carbocycles. The third-order valence-corrected chi connectivity index (χ3v) is 19.4. The van der Waals surface area contributed by atoms with Gasteiger partial charge >= 0.3 is 0 Å². The van der Waals surface area contributed by atoms with Crippen LogP contribution in [-0.2, 0) is 104 Å². The zero-order chi connectivity index (χ0) is 75.6. The average Bonchev–Trinajstić information content (AvgIpc) is 0.980. The van der Waals surface area contributed by atoms with Gasteiger partial charge in [0.05, 0.1) is 2.43 Å². The summed E-state index contributed by atoms with van der Waals surface area (Å²) in [5, 5.41) is 46.9. The van der Waals surface area contributed by atoms with Crippen molar-refractivity contribution in [1.82, 2.24) is 69.4 Å². The van der Waals surface area contributed by atoms with Gasteiger partial charge in [-0.25, -0.2) is 0 Å². The monoisotopic (exact) mass is 1880 g/mol. The first-order valence-corrected chi connectivity index (χ1v) is 42.8. The van der Waals surface area contributed by atoms with Crippen LogP contribution in [0.1, 0.15) is 136 Å². The van der Waals surface area contributed by atoms with E-state index in [4.69, 9.17) is 50.2 Å². The average molecular weight is 1890 g/mol. The van der Waals surface area contributed by atoms with Crippen LogP contribution >= 0.6 is 45.2 Å². The summed E-state index contributed by atoms with van der Waals surface area (Å²) >= 11 is 4.55. The number of nitrogens with zero attached hydrogens (tertiary/aromatic N) is 14. The fourth-order valence-corrected chi connectivity index (χ4v) is 14.0. The van der Waals surface area contributed by atoms with Crippen molar-refractivity contribution in [2.24, 2.45) is 0 Å². The predicted octanol–water partition coefficient (Wildman–Crippen LogP) is 8.77. The minimum atomic E-state index is -0.833. The zero-order valence-electron chi connectivity index (χ0n) is 67.8. The van der Waals surface area contributed by atoms with Gasteiger partial charge in [-0.15, -0.1) is 26.2 Å². The fraction of sp³-hybridized carbons (Fsp3) is 0.795. The number of halogens is 2. The minimum Gasteiger partial charge on any atom is -0.661 e. The van der Waals surface area contributed by atoms with Crippen molar-refractivity contribution in [3.8, 4) is 0 Å². The van der Waals surface area contributed by atoms with E-state index in [1.54, 1.807) is 0 Å². The zero-order valence-corrected chi connectivity index (χ0v) is 81.0. The number of fused-ring (bicyclic) bond motifs is 46. The summed E-state index contributed by atoms with van der Waals surface area (Å²) in [7, 11) is 0. The molecule has 6 N–H and O–H groups in total. The van der Waals surface area contributed by atoms with E-state index in [9.17, 15) is 0 Å². The molecule has 0 spiro atoms. The van der Waals surface area contributed by atoms with Crippen LogP contribution in [0, 0.1) is 0 Å². The SMILES string of the molecule is CC(=O)O.CC(=O)O.CC(=O)O.CC(=O)O.CCC.ICI.[HH].[Zn].[Zn].[Zn].c1cc(CN2CCCN3CCN(CCCC[N-]CC2)CC3)ccc1CN1CCCN2CCN(CCCC[N-]CC1)CC2.c1cc(CN2CCCN3CCN(CCCNCC2)CC3)ccc1CN1CCCN2CCN(CCCNCC1)CC2. The summed E-state index contributed by atoms with van der Waals surface area (Å²) in [5.41, 5.74) is 5.80. The van der Waals surface area contributed by atoms with Crippen molar-refractivity contribution in [3.05, 3.63) is 81.4 Å². The Balaban J connectivity index is 0. The van der Waals surface area contributed by atoms with Crippen molar-refractivity contribution in [3.63, 3.8) is 0 Å². The summed E-state index contributed by atoms with van der Waals surface area (Å²) in [6.45, 7) is 60.4. The molecule has 12 saturated heterocycles. The number of rotatable bonds is 8. The number of carbonyl (C=O) groups is 4. The van der Waals surface area contributed by atoms with E-state index >= 15 is 0 Å². The molecule has 8 bridgehead atoms. The van der Waals surface area contributed by atoms with Crippen molar-refractivity contribution in [1.29, 1.82) is 0 Å². The molecule has 14 rings (SSSR count). The Bertz CT molecular complexity index is 2230. The van der Waals surface area contributed by atoms with Crippen molar-refractivity contribution < 1.29 is 99.5 Å². The quantitative estimate of drug-likeness (QED) is 0.0822. The molecule has 29 heteroatoms. The predicted molar refractivity (Wildman–Crippen MR) is 448 cm³/mol. The number of hydrogen-bond acceptors (Lipinski definition) is 18. The number of hydrogen-bond donors (Lipinski definition) is 6. The van der Waals surface area contributed by atoms with E-state index in [0.29, 0.717) is 0 Å². The molecule has 12 heterocycles. The molecular formula is C78H146I2N16O8Zn3-2. The van der Waals surface area contributed by atoms with Crippen LogP contribution in [0.25, 0.3) is 10.6 Å². The van der Waals surface area contributed by atoms with Gasteiger partial charge in [-0.2, -0.15) is 0 Å². The molecule has 12 aliphatic rings. The number of alkyl halides is 2. The Kier molecular flexibility index (Phi) is 69.8. The number of carboxylic acid groups (broad SMARTS) is 4. The minimum absolute atomic E-state index is 0. The van der Waals surface area contributed by atoms with Crippen LogP contribution in [0.3, 0.4) is 0 Å². The molecule has 12 aliphatic heterocycles. The van der Waals surface area contributed by atoms with Crippen LogP contribution in [0.5, 0.6) is 0 Å². The van der Waals surface area contributed by atoms with Gasteiger partial charge in [0.15, 0.2) is 0 Å². The second-order valence-electron chi connectivity index (χ2n) is 28.7. The molecule has 0 aromatic heterocycles. The number of piperazine rings is 4. The molecule has 2 aromatic carbocycles. The smallest absolute Gasteiger partial charge is 0.300 e. The largest absolute Gasteiger partial charge is 0.661 e. The second kappa shape index (κ2) is 70.4. The van der Waals surface area contributed by atoms with Crippen LogP contribution < -0.4 is 10.6 Å². The maximum Gasteiger partial charge on any atom is 0.300 e. The van der Waals surface area contributed by atoms with Gasteiger partial charge in [-0.1, -0.05) is 127 Å². The summed E-state index contributed by atoms with van der Waals surface area (Å²) in [6.07, 6.45) is 13.9. The van der Waals surface area contributed by atoms with E-state index in [0.717, 1.165) is 132 Å². The van der Waals surface area contributed by atoms with Crippen molar-refractivity contribution in [2.45, 2.75) is 138 Å². The van der Waals surface area contributed by atoms with Gasteiger partial charge in [0, 0.05) is 245 Å². The standard InChI is InChI=1S/C34H60N8.C32H58N8.C3H8.4C2H4O2.CH2I2.3Zn.H2/c1-3-15-37-23-27-39(28-24-37)17-5-19-41(21-13-35-11-1)31-33-7-9-34(10-8-33)32-42-20-6-18-40-29-25-38(26-30-40)16-4-2-12-36-14-22-42;1-9-33-11-19-39(17-3-15-37-25-21-35(13-1)22-26-37)29-31-5-7-32(8-6-31)30-40-18-4-16-38-27-23-36(24-28-38)14-2-10-34-12-20-40;1-3-2;4*1-2(3)4;2-1-3;;;;/h7-10H,1-6,11-32H2;5-8,33-34H,1-4,9-30H2;3H2,1-2H3;4*1H3,(H,3,4);1H2;;;;1H/q-2;;;;;;;;;;;. The number of benzene rings is 2. The first-order valence-electron chi connectivity index (χ1n) is 39.8. The number of aliphatic carboxylic acids is 4. The maximum atomic E-state index is 9.00. The molecule has 0 radical (unpaired) electrons. The number of carboxylic acids is 4. The fourth-order valence-electron chi connectivity index (χ4n) is 14.0. The summed E-state index contributed by atoms with van der Waals surface area (Å²) in [5.74, 6) is -3.33. The Morgan fingerprint density at radius 2 is 0.495 bits per heavy atom. The van der Waals surface area contributed by atoms with Gasteiger partial charge < -0.3 is 90.7 Å².